The first-order chi connectivity index (χ1) is 19.1. The lowest BCUT2D eigenvalue weighted by molar-refractivity contribution is -0.361. The van der Waals surface area contributed by atoms with Gasteiger partial charge in [-0.05, 0) is 39.5 Å². The number of hydrogen-bond acceptors (Lipinski definition) is 11. The Morgan fingerprint density at radius 2 is 0.756 bits per heavy atom. The Bertz CT molecular complexity index is 847. The Morgan fingerprint density at radius 3 is 1.32 bits per heavy atom. The second kappa shape index (κ2) is 13.3. The normalized spacial score (nSPS) is 56.9. The van der Waals surface area contributed by atoms with Gasteiger partial charge >= 0.3 is 0 Å². The second-order valence-electron chi connectivity index (χ2n) is 13.3. The van der Waals surface area contributed by atoms with Crippen molar-refractivity contribution in [2.75, 3.05) is 0 Å². The summed E-state index contributed by atoms with van der Waals surface area (Å²) in [4.78, 5) is 0. The summed E-state index contributed by atoms with van der Waals surface area (Å²) in [6.07, 6.45) is -8.45. The largest absolute Gasteiger partial charge is 0.390 e. The summed E-state index contributed by atoms with van der Waals surface area (Å²) >= 11 is 0. The molecule has 0 aliphatic carbocycles. The molecule has 0 radical (unpaired) electrons. The van der Waals surface area contributed by atoms with E-state index in [2.05, 4.69) is 6.92 Å². The van der Waals surface area contributed by atoms with E-state index in [4.69, 9.17) is 33.2 Å². The predicted octanol–water partition coefficient (Wildman–Crippen LogP) is 2.01. The highest BCUT2D eigenvalue weighted by Crippen LogP contribution is 2.40. The lowest BCUT2D eigenvalue weighted by Gasteiger charge is -2.50. The average molecular weight is 591 g/mol. The fraction of sp³-hybridized carbons (Fsp3) is 1.00. The van der Waals surface area contributed by atoms with Gasteiger partial charge in [-0.3, -0.25) is 0 Å². The molecule has 4 aliphatic rings. The van der Waals surface area contributed by atoms with E-state index in [-0.39, 0.29) is 54.0 Å². The first-order valence-electron chi connectivity index (χ1n) is 15.4. The number of aliphatic hydroxyl groups is 4. The molecule has 0 spiro atoms. The number of aliphatic hydroxyl groups excluding tert-OH is 4. The first-order valence-corrected chi connectivity index (χ1v) is 15.4. The molecule has 4 aliphatic heterocycles. The molecule has 11 nitrogen and oxygen atoms in total. The van der Waals surface area contributed by atoms with Crippen LogP contribution in [0.4, 0.5) is 0 Å². The van der Waals surface area contributed by atoms with Crippen molar-refractivity contribution in [3.63, 3.8) is 0 Å². The molecular formula is C30H54O11. The molecule has 0 aromatic rings. The lowest BCUT2D eigenvalue weighted by Crippen LogP contribution is -2.60. The molecule has 240 valence electrons. The quantitative estimate of drug-likeness (QED) is 0.360. The summed E-state index contributed by atoms with van der Waals surface area (Å²) in [6, 6.07) is 0. The van der Waals surface area contributed by atoms with Crippen molar-refractivity contribution in [2.24, 2.45) is 35.5 Å². The molecule has 0 amide bonds. The minimum atomic E-state index is -0.961. The second-order valence-corrected chi connectivity index (χ2v) is 13.3. The minimum absolute atomic E-state index is 0.0101. The van der Waals surface area contributed by atoms with Crippen LogP contribution in [0, 0.1) is 35.5 Å². The first kappa shape index (κ1) is 33.5. The van der Waals surface area contributed by atoms with E-state index in [9.17, 15) is 20.4 Å². The summed E-state index contributed by atoms with van der Waals surface area (Å²) in [5, 5.41) is 42.1. The van der Waals surface area contributed by atoms with Gasteiger partial charge in [-0.25, -0.2) is 0 Å². The van der Waals surface area contributed by atoms with Crippen LogP contribution in [0.3, 0.4) is 0 Å². The maximum atomic E-state index is 11.4. The van der Waals surface area contributed by atoms with Gasteiger partial charge in [0.25, 0.3) is 0 Å². The highest BCUT2D eigenvalue weighted by Gasteiger charge is 2.50. The van der Waals surface area contributed by atoms with Crippen molar-refractivity contribution in [2.45, 2.75) is 155 Å². The van der Waals surface area contributed by atoms with E-state index in [1.54, 1.807) is 13.8 Å². The van der Waals surface area contributed by atoms with Crippen LogP contribution >= 0.6 is 0 Å². The van der Waals surface area contributed by atoms with E-state index in [1.165, 1.54) is 0 Å². The fourth-order valence-corrected chi connectivity index (χ4v) is 6.70. The maximum absolute atomic E-state index is 11.4. The SMILES string of the molecule is CC1OC(O[C@H]2C(C)OC(O[C@H]3C(C)OC(O)C(C)[C@H]3C)C(C)[C@H]2O)C(C)[C@@H](C)C1O[C@@H]1OC(C)[C@H](O)[C@H](O)C1C. The molecular weight excluding hydrogens is 536 g/mol. The summed E-state index contributed by atoms with van der Waals surface area (Å²) in [5.74, 6) is -0.911. The number of hydrogen-bond donors (Lipinski definition) is 4. The summed E-state index contributed by atoms with van der Waals surface area (Å²) in [6.45, 7) is 19.1. The smallest absolute Gasteiger partial charge is 0.163 e. The molecule has 0 aromatic carbocycles. The topological polar surface area (TPSA) is 146 Å². The molecule has 12 unspecified atom stereocenters. The molecule has 4 heterocycles. The van der Waals surface area contributed by atoms with E-state index in [1.807, 2.05) is 48.5 Å². The average Bonchev–Trinajstić information content (AvgIpc) is 2.92. The highest BCUT2D eigenvalue weighted by molar-refractivity contribution is 4.93. The van der Waals surface area contributed by atoms with Gasteiger partial charge in [-0.1, -0.05) is 41.5 Å². The van der Waals surface area contributed by atoms with Gasteiger partial charge in [-0.2, -0.15) is 0 Å². The van der Waals surface area contributed by atoms with Crippen LogP contribution in [0.2, 0.25) is 0 Å². The zero-order valence-corrected chi connectivity index (χ0v) is 26.2. The van der Waals surface area contributed by atoms with Gasteiger partial charge in [0, 0.05) is 23.7 Å². The Hall–Kier alpha value is -0.440. The van der Waals surface area contributed by atoms with E-state index < -0.39 is 67.7 Å². The Kier molecular flexibility index (Phi) is 10.8. The van der Waals surface area contributed by atoms with Crippen molar-refractivity contribution in [1.29, 1.82) is 0 Å². The van der Waals surface area contributed by atoms with Crippen molar-refractivity contribution >= 4 is 0 Å². The predicted molar refractivity (Wildman–Crippen MR) is 147 cm³/mol. The molecule has 11 heteroatoms. The zero-order valence-electron chi connectivity index (χ0n) is 26.2. The van der Waals surface area contributed by atoms with Gasteiger partial charge in [0.15, 0.2) is 25.2 Å². The molecule has 0 saturated carbocycles. The van der Waals surface area contributed by atoms with Crippen molar-refractivity contribution in [3.8, 4) is 0 Å². The summed E-state index contributed by atoms with van der Waals surface area (Å²) in [7, 11) is 0. The van der Waals surface area contributed by atoms with E-state index in [0.29, 0.717) is 0 Å². The van der Waals surface area contributed by atoms with Crippen LogP contribution in [0.15, 0.2) is 0 Å². The molecule has 4 saturated heterocycles. The third-order valence-electron chi connectivity index (χ3n) is 10.3. The Morgan fingerprint density at radius 1 is 0.366 bits per heavy atom. The van der Waals surface area contributed by atoms with Gasteiger partial charge in [-0.15, -0.1) is 0 Å². The molecule has 0 bridgehead atoms. The van der Waals surface area contributed by atoms with Crippen LogP contribution in [-0.2, 0) is 33.2 Å². The summed E-state index contributed by atoms with van der Waals surface area (Å²) in [5.41, 5.74) is 0. The van der Waals surface area contributed by atoms with Crippen LogP contribution in [0.5, 0.6) is 0 Å². The van der Waals surface area contributed by atoms with Gasteiger partial charge in [0.1, 0.15) is 12.2 Å². The molecule has 0 aromatic heterocycles. The van der Waals surface area contributed by atoms with Crippen LogP contribution in [-0.4, -0.2) is 107 Å². The zero-order chi connectivity index (χ0) is 30.5. The van der Waals surface area contributed by atoms with Crippen molar-refractivity contribution in [1.82, 2.24) is 0 Å². The molecule has 4 N–H and O–H groups in total. The van der Waals surface area contributed by atoms with Gasteiger partial charge < -0.3 is 53.6 Å². The van der Waals surface area contributed by atoms with Crippen molar-refractivity contribution in [3.05, 3.63) is 0 Å². The lowest BCUT2D eigenvalue weighted by atomic mass is 9.84. The van der Waals surface area contributed by atoms with Gasteiger partial charge in [0.2, 0.25) is 0 Å². The van der Waals surface area contributed by atoms with Crippen LogP contribution < -0.4 is 0 Å². The highest BCUT2D eigenvalue weighted by atomic mass is 16.7. The molecule has 4 fully saturated rings. The van der Waals surface area contributed by atoms with Crippen LogP contribution in [0.25, 0.3) is 0 Å². The van der Waals surface area contributed by atoms with Crippen LogP contribution in [0.1, 0.15) is 69.2 Å². The molecule has 41 heavy (non-hydrogen) atoms. The Balaban J connectivity index is 1.37. The maximum Gasteiger partial charge on any atom is 0.163 e. The fourth-order valence-electron chi connectivity index (χ4n) is 6.70. The standard InChI is InChI=1S/C30H54O11/c1-11-13(3)27(34)35-18(8)24(11)39-30-16(6)22(32)26(20(10)38-30)41-28-14(4)12(2)25(19(9)37-28)40-29-15(5)21(31)23(33)17(7)36-29/h11-34H,1-10H3/t11-,12-,13?,14?,15?,16?,17?,18?,19?,20?,21-,22-,23+,24-,25?,26+,27?,28?,29+,30?/m1/s1. The third-order valence-corrected chi connectivity index (χ3v) is 10.3. The summed E-state index contributed by atoms with van der Waals surface area (Å²) < 4.78 is 43.3. The number of ether oxygens (including phenoxy) is 7. The third kappa shape index (κ3) is 6.66. The van der Waals surface area contributed by atoms with Crippen molar-refractivity contribution < 1.29 is 53.6 Å². The minimum Gasteiger partial charge on any atom is -0.390 e. The monoisotopic (exact) mass is 590 g/mol. The van der Waals surface area contributed by atoms with E-state index in [0.717, 1.165) is 0 Å². The molecule has 20 atom stereocenters. The molecule has 4 rings (SSSR count). The Labute approximate surface area is 244 Å². The number of rotatable bonds is 6. The van der Waals surface area contributed by atoms with E-state index >= 15 is 0 Å². The van der Waals surface area contributed by atoms with Gasteiger partial charge in [0.05, 0.1) is 48.8 Å².